The van der Waals surface area contributed by atoms with Gasteiger partial charge in [0.05, 0.1) is 4.90 Å². The van der Waals surface area contributed by atoms with Crippen molar-refractivity contribution in [2.45, 2.75) is 11.8 Å². The van der Waals surface area contributed by atoms with Crippen LogP contribution in [-0.4, -0.2) is 24.4 Å². The molecule has 3 aromatic rings. The molecule has 0 bridgehead atoms. The molecule has 3 rings (SSSR count). The first-order valence-corrected chi connectivity index (χ1v) is 9.45. The van der Waals surface area contributed by atoms with Crippen molar-refractivity contribution in [1.29, 1.82) is 0 Å². The molecule has 0 fully saturated rings. The number of amides is 2. The number of benzene rings is 2. The van der Waals surface area contributed by atoms with Gasteiger partial charge in [-0.25, -0.2) is 27.9 Å². The van der Waals surface area contributed by atoms with Gasteiger partial charge in [-0.05, 0) is 49.4 Å². The van der Waals surface area contributed by atoms with Crippen LogP contribution in [0.1, 0.15) is 5.56 Å². The summed E-state index contributed by atoms with van der Waals surface area (Å²) in [7, 11) is -3.81. The van der Waals surface area contributed by atoms with Crippen molar-refractivity contribution in [3.63, 3.8) is 0 Å². The lowest BCUT2D eigenvalue weighted by Gasteiger charge is -2.09. The minimum atomic E-state index is -3.81. The fourth-order valence-corrected chi connectivity index (χ4v) is 3.14. The van der Waals surface area contributed by atoms with Crippen LogP contribution >= 0.6 is 0 Å². The summed E-state index contributed by atoms with van der Waals surface area (Å²) in [4.78, 5) is 19.7. The van der Waals surface area contributed by atoms with Crippen molar-refractivity contribution < 1.29 is 13.2 Å². The van der Waals surface area contributed by atoms with Gasteiger partial charge in [-0.1, -0.05) is 17.7 Å². The number of sulfonamides is 1. The summed E-state index contributed by atoms with van der Waals surface area (Å²) in [6.45, 7) is 1.96. The Labute approximate surface area is 156 Å². The molecule has 0 saturated heterocycles. The summed E-state index contributed by atoms with van der Waals surface area (Å²) in [5.74, 6) is -0.0165. The summed E-state index contributed by atoms with van der Waals surface area (Å²) in [5.41, 5.74) is 2.20. The zero-order valence-corrected chi connectivity index (χ0v) is 15.2. The number of carbonyl (C=O) groups is 1. The quantitative estimate of drug-likeness (QED) is 0.626. The fourth-order valence-electron chi connectivity index (χ4n) is 2.18. The van der Waals surface area contributed by atoms with Gasteiger partial charge in [-0.3, -0.25) is 0 Å². The Morgan fingerprint density at radius 1 is 0.852 bits per heavy atom. The molecule has 0 aliphatic rings. The molecule has 0 aliphatic carbocycles. The third-order valence-corrected chi connectivity index (χ3v) is 4.87. The molecular weight excluding hydrogens is 366 g/mol. The first kappa shape index (κ1) is 18.3. The van der Waals surface area contributed by atoms with E-state index in [2.05, 4.69) is 25.3 Å². The van der Waals surface area contributed by atoms with E-state index in [1.165, 1.54) is 36.7 Å². The van der Waals surface area contributed by atoms with Crippen LogP contribution in [0.4, 0.5) is 22.1 Å². The van der Waals surface area contributed by atoms with E-state index in [-0.39, 0.29) is 10.8 Å². The van der Waals surface area contributed by atoms with Crippen LogP contribution in [0.25, 0.3) is 0 Å². The zero-order valence-electron chi connectivity index (χ0n) is 14.4. The molecular formula is C18H17N5O3S. The predicted octanol–water partition coefficient (Wildman–Crippen LogP) is 3.23. The number of carbonyl (C=O) groups excluding carboxylic acids is 1. The van der Waals surface area contributed by atoms with Gasteiger partial charge in [-0.15, -0.1) is 0 Å². The van der Waals surface area contributed by atoms with E-state index in [9.17, 15) is 13.2 Å². The molecule has 2 amide bonds. The maximum Gasteiger partial charge on any atom is 0.323 e. The monoisotopic (exact) mass is 383 g/mol. The van der Waals surface area contributed by atoms with Crippen LogP contribution in [0.3, 0.4) is 0 Å². The van der Waals surface area contributed by atoms with Crippen molar-refractivity contribution >= 4 is 33.4 Å². The molecule has 27 heavy (non-hydrogen) atoms. The van der Waals surface area contributed by atoms with E-state index in [0.717, 1.165) is 5.56 Å². The van der Waals surface area contributed by atoms with Gasteiger partial charge in [0.1, 0.15) is 0 Å². The van der Waals surface area contributed by atoms with Gasteiger partial charge in [0.15, 0.2) is 0 Å². The molecule has 0 saturated carbocycles. The Hall–Kier alpha value is -3.46. The summed E-state index contributed by atoms with van der Waals surface area (Å²) in [5, 5.41) is 5.34. The predicted molar refractivity (Wildman–Crippen MR) is 103 cm³/mol. The topological polar surface area (TPSA) is 113 Å². The van der Waals surface area contributed by atoms with Gasteiger partial charge < -0.3 is 10.6 Å². The summed E-state index contributed by atoms with van der Waals surface area (Å²) in [6, 6.07) is 14.3. The molecule has 138 valence electrons. The second-order valence-corrected chi connectivity index (χ2v) is 7.33. The van der Waals surface area contributed by atoms with E-state index < -0.39 is 16.1 Å². The fraction of sp³-hybridized carbons (Fsp3) is 0.0556. The molecule has 8 nitrogen and oxygen atoms in total. The lowest BCUT2D eigenvalue weighted by molar-refractivity contribution is 0.262. The standard InChI is InChI=1S/C18H17N5O3S/c1-13-3-5-14(6-4-13)21-18(24)22-15-7-9-16(10-8-15)27(25,26)23-17-19-11-2-12-20-17/h2-12H,1H3,(H,19,20,23)(H2,21,22,24). The third-order valence-electron chi connectivity index (χ3n) is 3.52. The van der Waals surface area contributed by atoms with Crippen molar-refractivity contribution in [3.05, 3.63) is 72.6 Å². The number of nitrogens with one attached hydrogen (secondary N) is 3. The van der Waals surface area contributed by atoms with Crippen LogP contribution in [-0.2, 0) is 10.0 Å². The normalized spacial score (nSPS) is 10.9. The SMILES string of the molecule is Cc1ccc(NC(=O)Nc2ccc(S(=O)(=O)Nc3ncccn3)cc2)cc1. The van der Waals surface area contributed by atoms with E-state index in [1.807, 2.05) is 19.1 Å². The molecule has 0 atom stereocenters. The lowest BCUT2D eigenvalue weighted by Crippen LogP contribution is -2.19. The Bertz CT molecular complexity index is 1020. The van der Waals surface area contributed by atoms with E-state index in [4.69, 9.17) is 0 Å². The highest BCUT2D eigenvalue weighted by atomic mass is 32.2. The molecule has 1 aromatic heterocycles. The minimum absolute atomic E-state index is 0.0165. The highest BCUT2D eigenvalue weighted by Crippen LogP contribution is 2.17. The number of hydrogen-bond donors (Lipinski definition) is 3. The molecule has 1 heterocycles. The molecule has 3 N–H and O–H groups in total. The Balaban J connectivity index is 1.64. The Morgan fingerprint density at radius 2 is 1.37 bits per heavy atom. The van der Waals surface area contributed by atoms with Crippen molar-refractivity contribution in [1.82, 2.24) is 9.97 Å². The molecule has 0 aliphatic heterocycles. The van der Waals surface area contributed by atoms with Gasteiger partial charge in [0.25, 0.3) is 10.0 Å². The highest BCUT2D eigenvalue weighted by molar-refractivity contribution is 7.92. The zero-order chi connectivity index (χ0) is 19.3. The van der Waals surface area contributed by atoms with Crippen molar-refractivity contribution in [2.75, 3.05) is 15.4 Å². The van der Waals surface area contributed by atoms with E-state index >= 15 is 0 Å². The Kier molecular flexibility index (Phi) is 5.32. The Morgan fingerprint density at radius 3 is 1.93 bits per heavy atom. The van der Waals surface area contributed by atoms with Crippen molar-refractivity contribution in [2.24, 2.45) is 0 Å². The maximum atomic E-state index is 12.3. The second-order valence-electron chi connectivity index (χ2n) is 5.65. The van der Waals surface area contributed by atoms with Gasteiger partial charge in [0, 0.05) is 23.8 Å². The van der Waals surface area contributed by atoms with Gasteiger partial charge in [0.2, 0.25) is 5.95 Å². The largest absolute Gasteiger partial charge is 0.323 e. The number of anilines is 3. The lowest BCUT2D eigenvalue weighted by atomic mass is 10.2. The number of aromatic nitrogens is 2. The highest BCUT2D eigenvalue weighted by Gasteiger charge is 2.15. The number of rotatable bonds is 5. The van der Waals surface area contributed by atoms with E-state index in [0.29, 0.717) is 11.4 Å². The van der Waals surface area contributed by atoms with E-state index in [1.54, 1.807) is 18.2 Å². The number of urea groups is 1. The maximum absolute atomic E-state index is 12.3. The van der Waals surface area contributed by atoms with Crippen molar-refractivity contribution in [3.8, 4) is 0 Å². The first-order valence-electron chi connectivity index (χ1n) is 7.97. The number of aryl methyl sites for hydroxylation is 1. The second kappa shape index (κ2) is 7.83. The smallest absolute Gasteiger partial charge is 0.308 e. The molecule has 0 radical (unpaired) electrons. The summed E-state index contributed by atoms with van der Waals surface area (Å²) in [6.07, 6.45) is 2.87. The molecule has 0 unspecified atom stereocenters. The minimum Gasteiger partial charge on any atom is -0.308 e. The molecule has 9 heteroatoms. The van der Waals surface area contributed by atoms with Crippen LogP contribution in [0.5, 0.6) is 0 Å². The third kappa shape index (κ3) is 5.02. The number of nitrogens with zero attached hydrogens (tertiary/aromatic N) is 2. The number of hydrogen-bond acceptors (Lipinski definition) is 5. The first-order chi connectivity index (χ1) is 12.9. The summed E-state index contributed by atoms with van der Waals surface area (Å²) >= 11 is 0. The van der Waals surface area contributed by atoms with Crippen LogP contribution in [0.2, 0.25) is 0 Å². The van der Waals surface area contributed by atoms with Crippen LogP contribution in [0.15, 0.2) is 71.9 Å². The molecule has 2 aromatic carbocycles. The van der Waals surface area contributed by atoms with Crippen LogP contribution < -0.4 is 15.4 Å². The van der Waals surface area contributed by atoms with Crippen LogP contribution in [0, 0.1) is 6.92 Å². The average molecular weight is 383 g/mol. The van der Waals surface area contributed by atoms with Gasteiger partial charge >= 0.3 is 6.03 Å². The average Bonchev–Trinajstić information content (AvgIpc) is 2.64. The molecule has 0 spiro atoms. The summed E-state index contributed by atoms with van der Waals surface area (Å²) < 4.78 is 26.9. The van der Waals surface area contributed by atoms with Gasteiger partial charge in [-0.2, -0.15) is 0 Å².